The molecule has 5 nitrogen and oxygen atoms in total. The number of hydrogen-bond donors (Lipinski definition) is 1. The summed E-state index contributed by atoms with van der Waals surface area (Å²) in [6, 6.07) is 21.4. The van der Waals surface area contributed by atoms with E-state index in [1.165, 1.54) is 30.4 Å². The van der Waals surface area contributed by atoms with E-state index in [0.29, 0.717) is 11.6 Å². The third-order valence-corrected chi connectivity index (χ3v) is 10.0. The number of carbonyl (C=O) groups excluding carboxylic acids is 1. The Kier molecular flexibility index (Phi) is 8.54. The summed E-state index contributed by atoms with van der Waals surface area (Å²) in [5, 5.41) is 10.7. The third-order valence-electron chi connectivity index (χ3n) is 8.83. The van der Waals surface area contributed by atoms with Crippen molar-refractivity contribution in [3.8, 4) is 16.2 Å². The summed E-state index contributed by atoms with van der Waals surface area (Å²) in [6.07, 6.45) is 5.70. The highest BCUT2D eigenvalue weighted by Crippen LogP contribution is 2.41. The Hall–Kier alpha value is -3.03. The van der Waals surface area contributed by atoms with E-state index in [0.717, 1.165) is 83.0 Å². The Bertz CT molecular complexity index is 1520. The van der Waals surface area contributed by atoms with E-state index in [2.05, 4.69) is 65.3 Å². The van der Waals surface area contributed by atoms with Gasteiger partial charge in [0.25, 0.3) is 0 Å². The monoisotopic (exact) mass is 568 g/mol. The number of carbonyl (C=O) groups is 1. The number of likely N-dealkylation sites (tertiary alicyclic amines) is 2. The number of thiophene rings is 1. The molecule has 2 saturated heterocycles. The van der Waals surface area contributed by atoms with Gasteiger partial charge in [-0.2, -0.15) is 0 Å². The summed E-state index contributed by atoms with van der Waals surface area (Å²) in [6.45, 7) is 7.47. The Morgan fingerprint density at radius 3 is 2.56 bits per heavy atom. The molecule has 0 amide bonds. The fourth-order valence-corrected chi connectivity index (χ4v) is 7.77. The second-order valence-electron chi connectivity index (χ2n) is 11.6. The summed E-state index contributed by atoms with van der Waals surface area (Å²) in [7, 11) is 1.69. The molecule has 0 bridgehead atoms. The van der Waals surface area contributed by atoms with E-state index in [1.807, 2.05) is 12.1 Å². The van der Waals surface area contributed by atoms with Gasteiger partial charge in [-0.1, -0.05) is 48.5 Å². The average molecular weight is 569 g/mol. The van der Waals surface area contributed by atoms with Crippen molar-refractivity contribution < 1.29 is 14.6 Å². The molecule has 3 heterocycles. The first-order valence-corrected chi connectivity index (χ1v) is 15.8. The molecule has 0 aliphatic carbocycles. The highest BCUT2D eigenvalue weighted by atomic mass is 32.1. The van der Waals surface area contributed by atoms with Gasteiger partial charge in [0.15, 0.2) is 5.78 Å². The maximum atomic E-state index is 14.2. The number of fused-ring (bicyclic) bond motifs is 1. The van der Waals surface area contributed by atoms with Gasteiger partial charge in [0.1, 0.15) is 5.75 Å². The molecule has 1 aromatic heterocycles. The molecule has 41 heavy (non-hydrogen) atoms. The highest BCUT2D eigenvalue weighted by Gasteiger charge is 2.25. The summed E-state index contributed by atoms with van der Waals surface area (Å²) >= 11 is 1.70. The number of nitrogens with zero attached hydrogens (tertiary/aromatic N) is 2. The van der Waals surface area contributed by atoms with Crippen LogP contribution in [0.5, 0.6) is 5.75 Å². The van der Waals surface area contributed by atoms with Crippen LogP contribution in [0.4, 0.5) is 0 Å². The van der Waals surface area contributed by atoms with Crippen molar-refractivity contribution >= 4 is 27.2 Å². The van der Waals surface area contributed by atoms with Crippen molar-refractivity contribution in [1.82, 2.24) is 9.80 Å². The minimum absolute atomic E-state index is 0.0364. The van der Waals surface area contributed by atoms with Crippen LogP contribution in [0.25, 0.3) is 20.5 Å². The van der Waals surface area contributed by atoms with Crippen molar-refractivity contribution in [2.24, 2.45) is 0 Å². The van der Waals surface area contributed by atoms with Crippen LogP contribution in [0, 0.1) is 6.92 Å². The van der Waals surface area contributed by atoms with Crippen molar-refractivity contribution in [2.75, 3.05) is 39.9 Å². The fourth-order valence-electron chi connectivity index (χ4n) is 6.47. The van der Waals surface area contributed by atoms with Crippen LogP contribution in [0.2, 0.25) is 0 Å². The Labute approximate surface area is 247 Å². The summed E-state index contributed by atoms with van der Waals surface area (Å²) in [4.78, 5) is 20.1. The molecule has 0 saturated carbocycles. The zero-order valence-electron chi connectivity index (χ0n) is 24.2. The largest absolute Gasteiger partial charge is 0.496 e. The van der Waals surface area contributed by atoms with Crippen LogP contribution in [-0.2, 0) is 13.0 Å². The van der Waals surface area contributed by atoms with Crippen LogP contribution in [0.15, 0.2) is 60.7 Å². The van der Waals surface area contributed by atoms with Crippen LogP contribution in [0.3, 0.4) is 0 Å². The SMILES string of the molecule is COc1cc(C(=O)c2c(-c3ccc(CCN4CCC[C@H]4CO)cc3)sc3cc(C)ccc23)ccc1CN1CCCC1. The van der Waals surface area contributed by atoms with Gasteiger partial charge in [-0.15, -0.1) is 11.3 Å². The average Bonchev–Trinajstić information content (AvgIpc) is 3.76. The predicted octanol–water partition coefficient (Wildman–Crippen LogP) is 6.71. The van der Waals surface area contributed by atoms with Gasteiger partial charge in [0, 0.05) is 50.8 Å². The maximum absolute atomic E-state index is 14.2. The van der Waals surface area contributed by atoms with Crippen LogP contribution >= 0.6 is 11.3 Å². The molecular formula is C35H40N2O3S. The lowest BCUT2D eigenvalue weighted by Crippen LogP contribution is -2.33. The number of rotatable bonds is 10. The molecule has 0 radical (unpaired) electrons. The van der Waals surface area contributed by atoms with E-state index < -0.39 is 0 Å². The van der Waals surface area contributed by atoms with Crippen molar-refractivity contribution in [1.29, 1.82) is 0 Å². The number of aliphatic hydroxyl groups is 1. The second-order valence-corrected chi connectivity index (χ2v) is 12.7. The van der Waals surface area contributed by atoms with Gasteiger partial charge >= 0.3 is 0 Å². The lowest BCUT2D eigenvalue weighted by atomic mass is 9.95. The van der Waals surface area contributed by atoms with E-state index in [9.17, 15) is 9.90 Å². The third kappa shape index (κ3) is 5.98. The lowest BCUT2D eigenvalue weighted by molar-refractivity contribution is 0.104. The van der Waals surface area contributed by atoms with Gasteiger partial charge in [-0.05, 0) is 87.5 Å². The molecule has 0 unspecified atom stereocenters. The zero-order valence-corrected chi connectivity index (χ0v) is 25.0. The van der Waals surface area contributed by atoms with Gasteiger partial charge < -0.3 is 9.84 Å². The van der Waals surface area contributed by atoms with Crippen molar-refractivity contribution in [3.63, 3.8) is 0 Å². The quantitative estimate of drug-likeness (QED) is 0.216. The summed E-state index contributed by atoms with van der Waals surface area (Å²) in [5.41, 5.74) is 6.11. The predicted molar refractivity (Wildman–Crippen MR) is 168 cm³/mol. The summed E-state index contributed by atoms with van der Waals surface area (Å²) < 4.78 is 6.91. The molecule has 214 valence electrons. The van der Waals surface area contributed by atoms with Gasteiger partial charge in [-0.3, -0.25) is 14.6 Å². The normalized spacial score (nSPS) is 18.0. The fraction of sp³-hybridized carbons (Fsp3) is 0.400. The molecule has 1 atom stereocenters. The smallest absolute Gasteiger partial charge is 0.195 e. The molecule has 6 heteroatoms. The molecule has 2 aliphatic heterocycles. The lowest BCUT2D eigenvalue weighted by Gasteiger charge is -2.22. The van der Waals surface area contributed by atoms with Gasteiger partial charge in [0.05, 0.1) is 13.7 Å². The van der Waals surface area contributed by atoms with Crippen LogP contribution in [-0.4, -0.2) is 66.6 Å². The first-order valence-electron chi connectivity index (χ1n) is 15.0. The zero-order chi connectivity index (χ0) is 28.3. The molecular weight excluding hydrogens is 528 g/mol. The summed E-state index contributed by atoms with van der Waals surface area (Å²) in [5.74, 6) is 0.819. The first kappa shape index (κ1) is 28.1. The van der Waals surface area contributed by atoms with E-state index >= 15 is 0 Å². The molecule has 2 aliphatic rings. The number of methoxy groups -OCH3 is 1. The van der Waals surface area contributed by atoms with E-state index in [-0.39, 0.29) is 12.4 Å². The molecule has 3 aromatic carbocycles. The Morgan fingerprint density at radius 2 is 1.80 bits per heavy atom. The van der Waals surface area contributed by atoms with Gasteiger partial charge in [0.2, 0.25) is 0 Å². The van der Waals surface area contributed by atoms with Crippen LogP contribution < -0.4 is 4.74 Å². The topological polar surface area (TPSA) is 53.0 Å². The van der Waals surface area contributed by atoms with Crippen molar-refractivity contribution in [3.05, 3.63) is 88.5 Å². The molecule has 6 rings (SSSR count). The first-order chi connectivity index (χ1) is 20.0. The highest BCUT2D eigenvalue weighted by molar-refractivity contribution is 7.22. The van der Waals surface area contributed by atoms with Crippen molar-refractivity contribution in [2.45, 2.75) is 51.6 Å². The Morgan fingerprint density at radius 1 is 1.00 bits per heavy atom. The second kappa shape index (κ2) is 12.5. The number of benzene rings is 3. The molecule has 4 aromatic rings. The minimum Gasteiger partial charge on any atom is -0.496 e. The number of hydrogen-bond acceptors (Lipinski definition) is 6. The standard InChI is InChI=1S/C35H40N2O3S/c1-24-7-14-30-32(20-24)41-35(26-10-8-25(9-11-26)15-19-37-18-5-6-29(37)23-38)33(30)34(39)27-12-13-28(31(21-27)40-2)22-36-16-3-4-17-36/h7-14,20-21,29,38H,3-6,15-19,22-23H2,1-2H3/t29-/m0/s1. The van der Waals surface area contributed by atoms with Gasteiger partial charge in [-0.25, -0.2) is 0 Å². The van der Waals surface area contributed by atoms with E-state index in [1.54, 1.807) is 18.4 Å². The minimum atomic E-state index is 0.0364. The van der Waals surface area contributed by atoms with Crippen LogP contribution in [0.1, 0.15) is 58.3 Å². The number of aryl methyl sites for hydroxylation is 1. The number of ketones is 1. The number of ether oxygens (including phenoxy) is 1. The Balaban J connectivity index is 1.29. The maximum Gasteiger partial charge on any atom is 0.195 e. The number of aliphatic hydroxyl groups excluding tert-OH is 1. The molecule has 1 N–H and O–H groups in total. The molecule has 2 fully saturated rings. The van der Waals surface area contributed by atoms with E-state index in [4.69, 9.17) is 4.74 Å². The molecule has 0 spiro atoms.